The Balaban J connectivity index is 2.50. The van der Waals surface area contributed by atoms with E-state index in [1.165, 1.54) is 5.56 Å². The average molecular weight is 234 g/mol. The Morgan fingerprint density at radius 1 is 1.29 bits per heavy atom. The molecule has 0 saturated heterocycles. The molecule has 1 aromatic rings. The van der Waals surface area contributed by atoms with Gasteiger partial charge in [0.25, 0.3) is 0 Å². The van der Waals surface area contributed by atoms with Gasteiger partial charge in [-0.15, -0.1) is 0 Å². The Hall–Kier alpha value is -1.35. The van der Waals surface area contributed by atoms with Gasteiger partial charge in [-0.05, 0) is 18.4 Å². The molecule has 0 aliphatic heterocycles. The fourth-order valence-electron chi connectivity index (χ4n) is 1.71. The number of amides is 1. The number of hydrogen-bond donors (Lipinski definition) is 2. The van der Waals surface area contributed by atoms with Gasteiger partial charge in [0.1, 0.15) is 0 Å². The SMILES string of the molecule is Cc1ccc(CNC(=O)C(CN)C(C)C)cc1. The van der Waals surface area contributed by atoms with Crippen molar-refractivity contribution in [2.45, 2.75) is 27.3 Å². The molecule has 0 radical (unpaired) electrons. The van der Waals surface area contributed by atoms with Crippen LogP contribution in [-0.4, -0.2) is 12.5 Å². The predicted octanol–water partition coefficient (Wildman–Crippen LogP) is 1.84. The molecule has 1 amide bonds. The zero-order chi connectivity index (χ0) is 12.8. The molecule has 0 fully saturated rings. The van der Waals surface area contributed by atoms with Crippen molar-refractivity contribution in [1.29, 1.82) is 0 Å². The zero-order valence-electron chi connectivity index (χ0n) is 10.9. The summed E-state index contributed by atoms with van der Waals surface area (Å²) in [5.41, 5.74) is 7.94. The first kappa shape index (κ1) is 13.7. The second-order valence-corrected chi connectivity index (χ2v) is 4.79. The van der Waals surface area contributed by atoms with Crippen LogP contribution in [0, 0.1) is 18.8 Å². The van der Waals surface area contributed by atoms with Crippen LogP contribution in [0.5, 0.6) is 0 Å². The van der Waals surface area contributed by atoms with Gasteiger partial charge in [0.15, 0.2) is 0 Å². The molecule has 94 valence electrons. The van der Waals surface area contributed by atoms with Gasteiger partial charge in [0.2, 0.25) is 5.91 Å². The maximum Gasteiger partial charge on any atom is 0.224 e. The van der Waals surface area contributed by atoms with Crippen LogP contribution in [0.2, 0.25) is 0 Å². The van der Waals surface area contributed by atoms with Crippen LogP contribution in [-0.2, 0) is 11.3 Å². The quantitative estimate of drug-likeness (QED) is 0.817. The normalized spacial score (nSPS) is 12.5. The molecule has 1 aromatic carbocycles. The minimum absolute atomic E-state index is 0.0445. The number of aryl methyl sites for hydroxylation is 1. The predicted molar refractivity (Wildman–Crippen MR) is 70.4 cm³/mol. The van der Waals surface area contributed by atoms with Crippen LogP contribution in [0.3, 0.4) is 0 Å². The first-order valence-corrected chi connectivity index (χ1v) is 6.08. The summed E-state index contributed by atoms with van der Waals surface area (Å²) in [5, 5.41) is 2.93. The average Bonchev–Trinajstić information content (AvgIpc) is 2.28. The highest BCUT2D eigenvalue weighted by atomic mass is 16.1. The Morgan fingerprint density at radius 2 is 1.88 bits per heavy atom. The van der Waals surface area contributed by atoms with E-state index in [1.54, 1.807) is 0 Å². The molecule has 3 heteroatoms. The summed E-state index contributed by atoms with van der Waals surface area (Å²) in [7, 11) is 0. The van der Waals surface area contributed by atoms with Crippen molar-refractivity contribution in [2.24, 2.45) is 17.6 Å². The molecule has 17 heavy (non-hydrogen) atoms. The summed E-state index contributed by atoms with van der Waals surface area (Å²) in [6.07, 6.45) is 0. The van der Waals surface area contributed by atoms with Crippen LogP contribution in [0.4, 0.5) is 0 Å². The molecule has 0 aliphatic rings. The lowest BCUT2D eigenvalue weighted by Crippen LogP contribution is -2.37. The molecule has 3 nitrogen and oxygen atoms in total. The van der Waals surface area contributed by atoms with Crippen molar-refractivity contribution in [2.75, 3.05) is 6.54 Å². The molecule has 0 saturated carbocycles. The Morgan fingerprint density at radius 3 is 2.35 bits per heavy atom. The lowest BCUT2D eigenvalue weighted by molar-refractivity contribution is -0.126. The molecule has 1 atom stereocenters. The van der Waals surface area contributed by atoms with E-state index in [-0.39, 0.29) is 17.7 Å². The van der Waals surface area contributed by atoms with Crippen LogP contribution in [0.25, 0.3) is 0 Å². The number of nitrogens with one attached hydrogen (secondary N) is 1. The number of carbonyl (C=O) groups is 1. The van der Waals surface area contributed by atoms with Crippen LogP contribution in [0.15, 0.2) is 24.3 Å². The summed E-state index contributed by atoms with van der Waals surface area (Å²) in [6, 6.07) is 8.15. The maximum absolute atomic E-state index is 11.9. The van der Waals surface area contributed by atoms with Gasteiger partial charge in [-0.1, -0.05) is 43.7 Å². The number of carbonyl (C=O) groups excluding carboxylic acids is 1. The van der Waals surface area contributed by atoms with Crippen molar-refractivity contribution in [3.8, 4) is 0 Å². The van der Waals surface area contributed by atoms with E-state index in [4.69, 9.17) is 5.73 Å². The van der Waals surface area contributed by atoms with Crippen LogP contribution < -0.4 is 11.1 Å². The van der Waals surface area contributed by atoms with Gasteiger partial charge in [0.05, 0.1) is 5.92 Å². The molecule has 0 heterocycles. The topological polar surface area (TPSA) is 55.1 Å². The lowest BCUT2D eigenvalue weighted by atomic mass is 9.95. The van der Waals surface area contributed by atoms with E-state index >= 15 is 0 Å². The number of rotatable bonds is 5. The zero-order valence-corrected chi connectivity index (χ0v) is 10.9. The third-order valence-electron chi connectivity index (χ3n) is 2.98. The molecule has 0 aliphatic carbocycles. The van der Waals surface area contributed by atoms with Gasteiger partial charge in [-0.3, -0.25) is 4.79 Å². The summed E-state index contributed by atoms with van der Waals surface area (Å²) >= 11 is 0. The molecule has 0 bridgehead atoms. The smallest absolute Gasteiger partial charge is 0.224 e. The van der Waals surface area contributed by atoms with Crippen molar-refractivity contribution in [1.82, 2.24) is 5.32 Å². The summed E-state index contributed by atoms with van der Waals surface area (Å²) in [6.45, 7) is 7.05. The second kappa shape index (κ2) is 6.40. The van der Waals surface area contributed by atoms with Gasteiger partial charge in [-0.2, -0.15) is 0 Å². The largest absolute Gasteiger partial charge is 0.352 e. The molecule has 0 aromatic heterocycles. The Kier molecular flexibility index (Phi) is 5.16. The summed E-state index contributed by atoms with van der Waals surface area (Å²) in [5.74, 6) is 0.224. The number of benzene rings is 1. The van der Waals surface area contributed by atoms with Crippen molar-refractivity contribution in [3.63, 3.8) is 0 Å². The van der Waals surface area contributed by atoms with E-state index in [1.807, 2.05) is 45.0 Å². The highest BCUT2D eigenvalue weighted by molar-refractivity contribution is 5.79. The molecule has 3 N–H and O–H groups in total. The van der Waals surface area contributed by atoms with Crippen LogP contribution >= 0.6 is 0 Å². The third-order valence-corrected chi connectivity index (χ3v) is 2.98. The van der Waals surface area contributed by atoms with E-state index in [0.717, 1.165) is 5.56 Å². The van der Waals surface area contributed by atoms with Gasteiger partial charge in [0, 0.05) is 13.1 Å². The van der Waals surface area contributed by atoms with Crippen molar-refractivity contribution < 1.29 is 4.79 Å². The van der Waals surface area contributed by atoms with Crippen molar-refractivity contribution in [3.05, 3.63) is 35.4 Å². The van der Waals surface area contributed by atoms with Gasteiger partial charge >= 0.3 is 0 Å². The summed E-state index contributed by atoms with van der Waals surface area (Å²) in [4.78, 5) is 11.9. The van der Waals surface area contributed by atoms with Gasteiger partial charge < -0.3 is 11.1 Å². The van der Waals surface area contributed by atoms with E-state index in [0.29, 0.717) is 13.1 Å². The highest BCUT2D eigenvalue weighted by Crippen LogP contribution is 2.09. The molecule has 1 rings (SSSR count). The molecule has 1 unspecified atom stereocenters. The minimum Gasteiger partial charge on any atom is -0.352 e. The fraction of sp³-hybridized carbons (Fsp3) is 0.500. The van der Waals surface area contributed by atoms with Crippen molar-refractivity contribution >= 4 is 5.91 Å². The van der Waals surface area contributed by atoms with E-state index in [9.17, 15) is 4.79 Å². The highest BCUT2D eigenvalue weighted by Gasteiger charge is 2.19. The van der Waals surface area contributed by atoms with Gasteiger partial charge in [-0.25, -0.2) is 0 Å². The fourth-order valence-corrected chi connectivity index (χ4v) is 1.71. The first-order chi connectivity index (χ1) is 8.04. The lowest BCUT2D eigenvalue weighted by Gasteiger charge is -2.18. The maximum atomic E-state index is 11.9. The third kappa shape index (κ3) is 4.19. The van der Waals surface area contributed by atoms with Crippen LogP contribution in [0.1, 0.15) is 25.0 Å². The Bertz CT molecular complexity index is 357. The second-order valence-electron chi connectivity index (χ2n) is 4.79. The minimum atomic E-state index is -0.0968. The molecule has 0 spiro atoms. The number of hydrogen-bond acceptors (Lipinski definition) is 2. The molecular weight excluding hydrogens is 212 g/mol. The first-order valence-electron chi connectivity index (χ1n) is 6.08. The molecular formula is C14H22N2O. The monoisotopic (exact) mass is 234 g/mol. The summed E-state index contributed by atoms with van der Waals surface area (Å²) < 4.78 is 0. The van der Waals surface area contributed by atoms with E-state index < -0.39 is 0 Å². The number of nitrogens with two attached hydrogens (primary N) is 1. The Labute approximate surface area is 103 Å². The standard InChI is InChI=1S/C14H22N2O/c1-10(2)13(8-15)14(17)16-9-12-6-4-11(3)5-7-12/h4-7,10,13H,8-9,15H2,1-3H3,(H,16,17). The van der Waals surface area contributed by atoms with E-state index in [2.05, 4.69) is 5.32 Å².